The van der Waals surface area contributed by atoms with Gasteiger partial charge in [-0.25, -0.2) is 4.98 Å². The van der Waals surface area contributed by atoms with Crippen LogP contribution in [0.5, 0.6) is 0 Å². The van der Waals surface area contributed by atoms with E-state index in [1.807, 2.05) is 28.3 Å². The molecule has 0 fully saturated rings. The zero-order valence-electron chi connectivity index (χ0n) is 7.71. The molecular formula is C11H7NOS2. The maximum absolute atomic E-state index is 5.43. The minimum Gasteiger partial charge on any atom is -0.444 e. The lowest BCUT2D eigenvalue weighted by atomic mass is 10.3. The number of hydrogen-bond donors (Lipinski definition) is 0. The normalized spacial score (nSPS) is 10.7. The van der Waals surface area contributed by atoms with Crippen molar-refractivity contribution in [2.75, 3.05) is 0 Å². The zero-order valence-corrected chi connectivity index (χ0v) is 9.35. The second-order valence-electron chi connectivity index (χ2n) is 3.06. The third-order valence-electron chi connectivity index (χ3n) is 2.09. The predicted molar refractivity (Wildman–Crippen MR) is 63.1 cm³/mol. The van der Waals surface area contributed by atoms with Gasteiger partial charge in [0.1, 0.15) is 12.0 Å². The van der Waals surface area contributed by atoms with Crippen molar-refractivity contribution in [1.82, 2.24) is 4.98 Å². The molecule has 0 bridgehead atoms. The molecule has 2 nitrogen and oxygen atoms in total. The first kappa shape index (κ1) is 8.88. The van der Waals surface area contributed by atoms with E-state index in [0.29, 0.717) is 5.89 Å². The van der Waals surface area contributed by atoms with E-state index in [0.717, 1.165) is 16.8 Å². The first-order valence-corrected chi connectivity index (χ1v) is 6.33. The molecule has 0 atom stereocenters. The Morgan fingerprint density at radius 3 is 2.40 bits per heavy atom. The summed E-state index contributed by atoms with van der Waals surface area (Å²) in [6.45, 7) is 0. The van der Waals surface area contributed by atoms with E-state index in [9.17, 15) is 0 Å². The Hall–Kier alpha value is -1.39. The van der Waals surface area contributed by atoms with Crippen LogP contribution < -0.4 is 0 Å². The van der Waals surface area contributed by atoms with Crippen LogP contribution in [0.4, 0.5) is 0 Å². The fourth-order valence-electron chi connectivity index (χ4n) is 1.34. The molecule has 0 aliphatic heterocycles. The third-order valence-corrected chi connectivity index (χ3v) is 3.46. The van der Waals surface area contributed by atoms with E-state index in [2.05, 4.69) is 10.4 Å². The molecule has 0 aliphatic rings. The van der Waals surface area contributed by atoms with Gasteiger partial charge in [0.05, 0.1) is 0 Å². The SMILES string of the molecule is c1cc(-c2coc(-c3ccsc3)n2)cs1. The lowest BCUT2D eigenvalue weighted by Crippen LogP contribution is -1.74. The Bertz CT molecular complexity index is 488. The molecule has 0 N–H and O–H groups in total. The Kier molecular flexibility index (Phi) is 2.16. The van der Waals surface area contributed by atoms with Crippen molar-refractivity contribution in [2.45, 2.75) is 0 Å². The number of thiophene rings is 2. The van der Waals surface area contributed by atoms with E-state index in [1.165, 1.54) is 0 Å². The summed E-state index contributed by atoms with van der Waals surface area (Å²) in [5, 5.41) is 8.15. The van der Waals surface area contributed by atoms with Crippen LogP contribution >= 0.6 is 22.7 Å². The molecule has 3 aromatic heterocycles. The molecule has 3 aromatic rings. The highest BCUT2D eigenvalue weighted by Gasteiger charge is 2.08. The Labute approximate surface area is 94.8 Å². The topological polar surface area (TPSA) is 26.0 Å². The van der Waals surface area contributed by atoms with Crippen LogP contribution in [0.25, 0.3) is 22.7 Å². The van der Waals surface area contributed by atoms with Crippen molar-refractivity contribution in [3.8, 4) is 22.7 Å². The van der Waals surface area contributed by atoms with Gasteiger partial charge in [-0.1, -0.05) is 0 Å². The first-order valence-electron chi connectivity index (χ1n) is 4.44. The lowest BCUT2D eigenvalue weighted by Gasteiger charge is -1.86. The summed E-state index contributed by atoms with van der Waals surface area (Å²) in [7, 11) is 0. The Morgan fingerprint density at radius 2 is 1.73 bits per heavy atom. The molecule has 0 radical (unpaired) electrons. The molecule has 0 saturated carbocycles. The van der Waals surface area contributed by atoms with Gasteiger partial charge in [-0.15, -0.1) is 0 Å². The average Bonchev–Trinajstić information content (AvgIpc) is 3.02. The van der Waals surface area contributed by atoms with Crippen LogP contribution in [-0.4, -0.2) is 4.98 Å². The van der Waals surface area contributed by atoms with Crippen LogP contribution in [-0.2, 0) is 0 Å². The smallest absolute Gasteiger partial charge is 0.227 e. The van der Waals surface area contributed by atoms with Gasteiger partial charge in [0.2, 0.25) is 5.89 Å². The fourth-order valence-corrected chi connectivity index (χ4v) is 2.61. The average molecular weight is 233 g/mol. The lowest BCUT2D eigenvalue weighted by molar-refractivity contribution is 0.575. The highest BCUT2D eigenvalue weighted by atomic mass is 32.1. The van der Waals surface area contributed by atoms with E-state index in [4.69, 9.17) is 4.42 Å². The zero-order chi connectivity index (χ0) is 10.1. The van der Waals surface area contributed by atoms with Crippen molar-refractivity contribution in [3.05, 3.63) is 39.9 Å². The highest BCUT2D eigenvalue weighted by molar-refractivity contribution is 7.08. The van der Waals surface area contributed by atoms with Gasteiger partial charge in [0.25, 0.3) is 0 Å². The molecule has 4 heteroatoms. The second-order valence-corrected chi connectivity index (χ2v) is 4.62. The van der Waals surface area contributed by atoms with Gasteiger partial charge in [0, 0.05) is 21.9 Å². The minimum absolute atomic E-state index is 0.692. The number of oxazole rings is 1. The van der Waals surface area contributed by atoms with E-state index in [-0.39, 0.29) is 0 Å². The van der Waals surface area contributed by atoms with Crippen LogP contribution in [0.15, 0.2) is 44.3 Å². The molecule has 0 amide bonds. The molecule has 3 heterocycles. The van der Waals surface area contributed by atoms with Crippen molar-refractivity contribution in [3.63, 3.8) is 0 Å². The molecule has 0 aliphatic carbocycles. The van der Waals surface area contributed by atoms with Crippen molar-refractivity contribution < 1.29 is 4.42 Å². The summed E-state index contributed by atoms with van der Waals surface area (Å²) in [5.74, 6) is 0.692. The van der Waals surface area contributed by atoms with Crippen LogP contribution in [0.3, 0.4) is 0 Å². The molecule has 0 aromatic carbocycles. The summed E-state index contributed by atoms with van der Waals surface area (Å²) >= 11 is 3.30. The van der Waals surface area contributed by atoms with Gasteiger partial charge in [-0.05, 0) is 22.9 Å². The molecule has 0 unspecified atom stereocenters. The number of nitrogens with zero attached hydrogens (tertiary/aromatic N) is 1. The van der Waals surface area contributed by atoms with Crippen molar-refractivity contribution >= 4 is 22.7 Å². The molecule has 0 spiro atoms. The second kappa shape index (κ2) is 3.64. The summed E-state index contributed by atoms with van der Waals surface area (Å²) < 4.78 is 5.43. The van der Waals surface area contributed by atoms with Crippen LogP contribution in [0, 0.1) is 0 Å². The molecule has 3 rings (SSSR count). The highest BCUT2D eigenvalue weighted by Crippen LogP contribution is 2.26. The van der Waals surface area contributed by atoms with Gasteiger partial charge < -0.3 is 4.42 Å². The summed E-state index contributed by atoms with van der Waals surface area (Å²) in [4.78, 5) is 4.44. The Morgan fingerprint density at radius 1 is 1.00 bits per heavy atom. The predicted octanol–water partition coefficient (Wildman–Crippen LogP) is 4.13. The summed E-state index contributed by atoms with van der Waals surface area (Å²) in [6.07, 6.45) is 1.70. The molecule has 0 saturated heterocycles. The van der Waals surface area contributed by atoms with E-state index < -0.39 is 0 Å². The standard InChI is InChI=1S/C11H7NOS2/c1-3-14-6-8(1)10-5-13-11(12-10)9-2-4-15-7-9/h1-7H. The Balaban J connectivity index is 2.02. The van der Waals surface area contributed by atoms with E-state index >= 15 is 0 Å². The van der Waals surface area contributed by atoms with Crippen molar-refractivity contribution in [1.29, 1.82) is 0 Å². The summed E-state index contributed by atoms with van der Waals surface area (Å²) in [5.41, 5.74) is 3.06. The number of hydrogen-bond acceptors (Lipinski definition) is 4. The molecular weight excluding hydrogens is 226 g/mol. The van der Waals surface area contributed by atoms with Gasteiger partial charge in [-0.2, -0.15) is 22.7 Å². The van der Waals surface area contributed by atoms with Gasteiger partial charge >= 0.3 is 0 Å². The van der Waals surface area contributed by atoms with E-state index in [1.54, 1.807) is 28.9 Å². The van der Waals surface area contributed by atoms with Gasteiger partial charge in [0.15, 0.2) is 0 Å². The van der Waals surface area contributed by atoms with Crippen molar-refractivity contribution in [2.24, 2.45) is 0 Å². The van der Waals surface area contributed by atoms with Gasteiger partial charge in [-0.3, -0.25) is 0 Å². The van der Waals surface area contributed by atoms with Crippen LogP contribution in [0.1, 0.15) is 0 Å². The third kappa shape index (κ3) is 1.62. The fraction of sp³-hybridized carbons (Fsp3) is 0. The monoisotopic (exact) mass is 233 g/mol. The quantitative estimate of drug-likeness (QED) is 0.665. The largest absolute Gasteiger partial charge is 0.444 e. The summed E-state index contributed by atoms with van der Waals surface area (Å²) in [6, 6.07) is 4.05. The first-order chi connectivity index (χ1) is 7.43. The molecule has 74 valence electrons. The maximum atomic E-state index is 5.43. The maximum Gasteiger partial charge on any atom is 0.227 e. The number of rotatable bonds is 2. The van der Waals surface area contributed by atoms with Crippen LogP contribution in [0.2, 0.25) is 0 Å². The minimum atomic E-state index is 0.692. The number of aromatic nitrogens is 1. The molecule has 15 heavy (non-hydrogen) atoms.